The number of nitrogens with zero attached hydrogens (tertiary/aromatic N) is 2. The predicted octanol–water partition coefficient (Wildman–Crippen LogP) is 3.54. The molecule has 0 atom stereocenters. The second-order valence-corrected chi connectivity index (χ2v) is 5.57. The highest BCUT2D eigenvalue weighted by Crippen LogP contribution is 2.36. The van der Waals surface area contributed by atoms with Crippen molar-refractivity contribution in [2.45, 2.75) is 25.8 Å². The Hall–Kier alpha value is -1.62. The Morgan fingerprint density at radius 3 is 2.89 bits per heavy atom. The highest BCUT2D eigenvalue weighted by molar-refractivity contribution is 9.10. The second-order valence-electron chi connectivity index (χ2n) is 4.75. The highest BCUT2D eigenvalue weighted by atomic mass is 79.9. The summed E-state index contributed by atoms with van der Waals surface area (Å²) in [5.41, 5.74) is 2.26. The number of anilines is 1. The van der Waals surface area contributed by atoms with Gasteiger partial charge in [0.1, 0.15) is 10.3 Å². The van der Waals surface area contributed by atoms with Crippen molar-refractivity contribution in [2.24, 2.45) is 0 Å². The number of rotatable bonds is 3. The van der Waals surface area contributed by atoms with Gasteiger partial charge in [-0.3, -0.25) is 4.79 Å². The minimum atomic E-state index is -0.0795. The summed E-state index contributed by atoms with van der Waals surface area (Å²) in [5, 5.41) is 2.92. The fraction of sp³-hybridized carbons (Fsp3) is 0.286. The van der Waals surface area contributed by atoms with Crippen LogP contribution >= 0.6 is 15.9 Å². The molecule has 2 heterocycles. The van der Waals surface area contributed by atoms with E-state index in [0.717, 1.165) is 28.8 Å². The van der Waals surface area contributed by atoms with Crippen LogP contribution in [0.3, 0.4) is 0 Å². The standard InChI is InChI=1S/C14H14BrN3O/c1-9-11(6-7-13(15)16-9)17-14(19)12-3-2-8-18(12)10-4-5-10/h2-3,6-8,10H,4-5H2,1H3,(H,17,19). The van der Waals surface area contributed by atoms with E-state index >= 15 is 0 Å². The van der Waals surface area contributed by atoms with Crippen molar-refractivity contribution in [1.29, 1.82) is 0 Å². The number of pyridine rings is 1. The first kappa shape index (κ1) is 12.4. The lowest BCUT2D eigenvalue weighted by atomic mass is 10.3. The molecule has 0 bridgehead atoms. The molecular weight excluding hydrogens is 306 g/mol. The molecule has 0 aromatic carbocycles. The van der Waals surface area contributed by atoms with Crippen molar-refractivity contribution in [3.8, 4) is 0 Å². The Morgan fingerprint density at radius 2 is 2.21 bits per heavy atom. The van der Waals surface area contributed by atoms with Gasteiger partial charge in [0.15, 0.2) is 0 Å². The van der Waals surface area contributed by atoms with E-state index < -0.39 is 0 Å². The molecule has 1 saturated carbocycles. The number of aryl methyl sites for hydroxylation is 1. The average Bonchev–Trinajstić information content (AvgIpc) is 3.10. The lowest BCUT2D eigenvalue weighted by Gasteiger charge is -2.10. The molecule has 0 saturated heterocycles. The number of halogens is 1. The topological polar surface area (TPSA) is 46.9 Å². The highest BCUT2D eigenvalue weighted by Gasteiger charge is 2.26. The minimum Gasteiger partial charge on any atom is -0.340 e. The molecule has 0 radical (unpaired) electrons. The predicted molar refractivity (Wildman–Crippen MR) is 77.3 cm³/mol. The summed E-state index contributed by atoms with van der Waals surface area (Å²) in [4.78, 5) is 16.6. The smallest absolute Gasteiger partial charge is 0.272 e. The van der Waals surface area contributed by atoms with Gasteiger partial charge in [-0.05, 0) is 60.0 Å². The van der Waals surface area contributed by atoms with E-state index in [0.29, 0.717) is 11.7 Å². The number of amides is 1. The Kier molecular flexibility index (Phi) is 3.14. The maximum absolute atomic E-state index is 12.3. The number of aromatic nitrogens is 2. The Balaban J connectivity index is 1.82. The molecule has 3 rings (SSSR count). The third-order valence-electron chi connectivity index (χ3n) is 3.25. The van der Waals surface area contributed by atoms with Gasteiger partial charge in [-0.1, -0.05) is 0 Å². The van der Waals surface area contributed by atoms with Gasteiger partial charge in [-0.2, -0.15) is 0 Å². The first-order chi connectivity index (χ1) is 9.15. The van der Waals surface area contributed by atoms with Gasteiger partial charge < -0.3 is 9.88 Å². The third kappa shape index (κ3) is 2.56. The summed E-state index contributed by atoms with van der Waals surface area (Å²) in [6, 6.07) is 7.95. The monoisotopic (exact) mass is 319 g/mol. The fourth-order valence-electron chi connectivity index (χ4n) is 2.11. The van der Waals surface area contributed by atoms with Crippen LogP contribution in [0.2, 0.25) is 0 Å². The van der Waals surface area contributed by atoms with Gasteiger partial charge in [0.2, 0.25) is 0 Å². The van der Waals surface area contributed by atoms with E-state index in [1.807, 2.05) is 37.4 Å². The maximum Gasteiger partial charge on any atom is 0.272 e. The number of hydrogen-bond acceptors (Lipinski definition) is 2. The van der Waals surface area contributed by atoms with E-state index in [-0.39, 0.29) is 5.91 Å². The quantitative estimate of drug-likeness (QED) is 0.879. The number of carbonyl (C=O) groups is 1. The number of carbonyl (C=O) groups excluding carboxylic acids is 1. The lowest BCUT2D eigenvalue weighted by Crippen LogP contribution is -2.17. The molecule has 2 aromatic rings. The summed E-state index contributed by atoms with van der Waals surface area (Å²) >= 11 is 3.31. The molecule has 4 nitrogen and oxygen atoms in total. The molecule has 1 N–H and O–H groups in total. The van der Waals surface area contributed by atoms with Crippen molar-refractivity contribution in [3.63, 3.8) is 0 Å². The SMILES string of the molecule is Cc1nc(Br)ccc1NC(=O)c1cccn1C1CC1. The van der Waals surface area contributed by atoms with Crippen LogP contribution < -0.4 is 5.32 Å². The normalized spacial score (nSPS) is 14.4. The van der Waals surface area contributed by atoms with Crippen molar-refractivity contribution >= 4 is 27.5 Å². The zero-order valence-electron chi connectivity index (χ0n) is 10.6. The maximum atomic E-state index is 12.3. The largest absolute Gasteiger partial charge is 0.340 e. The molecule has 1 amide bonds. The van der Waals surface area contributed by atoms with Crippen LogP contribution in [0, 0.1) is 6.92 Å². The summed E-state index contributed by atoms with van der Waals surface area (Å²) in [6.07, 6.45) is 4.29. The van der Waals surface area contributed by atoms with Crippen molar-refractivity contribution in [2.75, 3.05) is 5.32 Å². The van der Waals surface area contributed by atoms with Crippen LogP contribution in [0.1, 0.15) is 35.1 Å². The van der Waals surface area contributed by atoms with Crippen LogP contribution in [0.5, 0.6) is 0 Å². The van der Waals surface area contributed by atoms with Gasteiger partial charge in [0, 0.05) is 12.2 Å². The van der Waals surface area contributed by atoms with Crippen LogP contribution in [0.25, 0.3) is 0 Å². The van der Waals surface area contributed by atoms with E-state index in [9.17, 15) is 4.79 Å². The van der Waals surface area contributed by atoms with E-state index in [2.05, 4.69) is 30.8 Å². The molecule has 0 aliphatic heterocycles. The van der Waals surface area contributed by atoms with E-state index in [4.69, 9.17) is 0 Å². The first-order valence-electron chi connectivity index (χ1n) is 6.26. The van der Waals surface area contributed by atoms with Crippen LogP contribution in [0.4, 0.5) is 5.69 Å². The zero-order chi connectivity index (χ0) is 13.4. The summed E-state index contributed by atoms with van der Waals surface area (Å²) < 4.78 is 2.82. The van der Waals surface area contributed by atoms with E-state index in [1.165, 1.54) is 0 Å². The average molecular weight is 320 g/mol. The Bertz CT molecular complexity index is 631. The zero-order valence-corrected chi connectivity index (χ0v) is 12.1. The second kappa shape index (κ2) is 4.81. The minimum absolute atomic E-state index is 0.0795. The molecule has 2 aromatic heterocycles. The Labute approximate surface area is 120 Å². The molecule has 1 aliphatic rings. The molecule has 19 heavy (non-hydrogen) atoms. The number of hydrogen-bond donors (Lipinski definition) is 1. The van der Waals surface area contributed by atoms with Gasteiger partial charge in [-0.25, -0.2) is 4.98 Å². The van der Waals surface area contributed by atoms with E-state index in [1.54, 1.807) is 0 Å². The molecule has 0 spiro atoms. The Morgan fingerprint density at radius 1 is 1.42 bits per heavy atom. The summed E-state index contributed by atoms with van der Waals surface area (Å²) in [6.45, 7) is 1.88. The molecule has 0 unspecified atom stereocenters. The first-order valence-corrected chi connectivity index (χ1v) is 7.06. The van der Waals surface area contributed by atoms with Crippen LogP contribution in [-0.4, -0.2) is 15.5 Å². The van der Waals surface area contributed by atoms with Gasteiger partial charge >= 0.3 is 0 Å². The van der Waals surface area contributed by atoms with Crippen LogP contribution in [0.15, 0.2) is 35.1 Å². The summed E-state index contributed by atoms with van der Waals surface area (Å²) in [7, 11) is 0. The number of nitrogens with one attached hydrogen (secondary N) is 1. The van der Waals surface area contributed by atoms with Crippen molar-refractivity contribution in [3.05, 3.63) is 46.5 Å². The van der Waals surface area contributed by atoms with Crippen molar-refractivity contribution < 1.29 is 4.79 Å². The molecule has 1 fully saturated rings. The molecule has 98 valence electrons. The van der Waals surface area contributed by atoms with Crippen LogP contribution in [-0.2, 0) is 0 Å². The van der Waals surface area contributed by atoms with Gasteiger partial charge in [0.25, 0.3) is 5.91 Å². The molecule has 1 aliphatic carbocycles. The van der Waals surface area contributed by atoms with Crippen molar-refractivity contribution in [1.82, 2.24) is 9.55 Å². The lowest BCUT2D eigenvalue weighted by molar-refractivity contribution is 0.101. The fourth-order valence-corrected chi connectivity index (χ4v) is 2.50. The molecular formula is C14H14BrN3O. The third-order valence-corrected chi connectivity index (χ3v) is 3.69. The molecule has 5 heteroatoms. The van der Waals surface area contributed by atoms with Gasteiger partial charge in [-0.15, -0.1) is 0 Å². The van der Waals surface area contributed by atoms with Gasteiger partial charge in [0.05, 0.1) is 11.4 Å². The summed E-state index contributed by atoms with van der Waals surface area (Å²) in [5.74, 6) is -0.0795.